The first kappa shape index (κ1) is 29.0. The Labute approximate surface area is 217 Å². The minimum Gasteiger partial charge on any atom is -0.493 e. The Morgan fingerprint density at radius 3 is 2.33 bits per heavy atom. The highest BCUT2D eigenvalue weighted by Crippen LogP contribution is 2.28. The van der Waals surface area contributed by atoms with Crippen molar-refractivity contribution < 1.29 is 28.6 Å². The summed E-state index contributed by atoms with van der Waals surface area (Å²) < 4.78 is 15.6. The molecule has 0 unspecified atom stereocenters. The predicted molar refractivity (Wildman–Crippen MR) is 140 cm³/mol. The van der Waals surface area contributed by atoms with Gasteiger partial charge in [0.1, 0.15) is 13.1 Å². The van der Waals surface area contributed by atoms with Crippen LogP contribution in [0.25, 0.3) is 0 Å². The van der Waals surface area contributed by atoms with Crippen LogP contribution in [0.4, 0.5) is 4.79 Å². The molecule has 10 heteroatoms. The van der Waals surface area contributed by atoms with E-state index in [2.05, 4.69) is 5.32 Å². The molecule has 1 N–H and O–H groups in total. The minimum absolute atomic E-state index is 0.0845. The molecule has 3 amide bonds. The molecule has 0 fully saturated rings. The molecule has 36 heavy (non-hydrogen) atoms. The van der Waals surface area contributed by atoms with Gasteiger partial charge in [-0.1, -0.05) is 13.0 Å². The number of carbonyl (C=O) groups is 3. The van der Waals surface area contributed by atoms with E-state index >= 15 is 0 Å². The molecule has 1 aromatic carbocycles. The number of esters is 1. The van der Waals surface area contributed by atoms with Crippen LogP contribution in [0.2, 0.25) is 0 Å². The van der Waals surface area contributed by atoms with Gasteiger partial charge in [0.2, 0.25) is 5.91 Å². The van der Waals surface area contributed by atoms with Crippen LogP contribution in [-0.4, -0.2) is 74.7 Å². The SMILES string of the molecule is CCCN(CC(=O)N(CCc1ccc(OC)c(OC)c1)Cc1ccc(C)s1)C(=O)NCC(=O)OCC. The van der Waals surface area contributed by atoms with Crippen molar-refractivity contribution in [2.75, 3.05) is 47.0 Å². The summed E-state index contributed by atoms with van der Waals surface area (Å²) in [6.07, 6.45) is 1.29. The van der Waals surface area contributed by atoms with Gasteiger partial charge in [0, 0.05) is 22.8 Å². The molecule has 0 aliphatic carbocycles. The molecule has 0 saturated heterocycles. The van der Waals surface area contributed by atoms with Crippen LogP contribution >= 0.6 is 11.3 Å². The van der Waals surface area contributed by atoms with Crippen LogP contribution in [0.3, 0.4) is 0 Å². The van der Waals surface area contributed by atoms with E-state index in [4.69, 9.17) is 14.2 Å². The third-order valence-electron chi connectivity index (χ3n) is 5.41. The maximum atomic E-state index is 13.4. The molecule has 0 atom stereocenters. The summed E-state index contributed by atoms with van der Waals surface area (Å²) in [6.45, 7) is 6.89. The molecule has 9 nitrogen and oxygen atoms in total. The monoisotopic (exact) mass is 519 g/mol. The van der Waals surface area contributed by atoms with Crippen molar-refractivity contribution >= 4 is 29.2 Å². The smallest absolute Gasteiger partial charge is 0.325 e. The minimum atomic E-state index is -0.516. The molecule has 2 rings (SSSR count). The lowest BCUT2D eigenvalue weighted by Crippen LogP contribution is -2.48. The molecular formula is C26H37N3O6S. The van der Waals surface area contributed by atoms with E-state index in [9.17, 15) is 14.4 Å². The molecule has 198 valence electrons. The molecule has 0 aliphatic heterocycles. The third kappa shape index (κ3) is 9.07. The number of benzene rings is 1. The van der Waals surface area contributed by atoms with Gasteiger partial charge in [0.25, 0.3) is 0 Å². The van der Waals surface area contributed by atoms with Crippen molar-refractivity contribution in [3.63, 3.8) is 0 Å². The number of urea groups is 1. The number of methoxy groups -OCH3 is 2. The highest BCUT2D eigenvalue weighted by molar-refractivity contribution is 7.11. The Balaban J connectivity index is 2.13. The van der Waals surface area contributed by atoms with Crippen molar-refractivity contribution in [1.29, 1.82) is 0 Å². The first-order chi connectivity index (χ1) is 17.3. The Morgan fingerprint density at radius 2 is 1.72 bits per heavy atom. The Morgan fingerprint density at radius 1 is 0.972 bits per heavy atom. The number of rotatable bonds is 14. The van der Waals surface area contributed by atoms with Crippen LogP contribution < -0.4 is 14.8 Å². The van der Waals surface area contributed by atoms with Gasteiger partial charge in [0.15, 0.2) is 11.5 Å². The van der Waals surface area contributed by atoms with Gasteiger partial charge >= 0.3 is 12.0 Å². The van der Waals surface area contributed by atoms with Gasteiger partial charge in [-0.25, -0.2) is 4.79 Å². The summed E-state index contributed by atoms with van der Waals surface area (Å²) in [4.78, 5) is 43.2. The zero-order chi connectivity index (χ0) is 26.5. The highest BCUT2D eigenvalue weighted by atomic mass is 32.1. The first-order valence-corrected chi connectivity index (χ1v) is 12.8. The lowest BCUT2D eigenvalue weighted by molar-refractivity contribution is -0.141. The second kappa shape index (κ2) is 15.0. The van der Waals surface area contributed by atoms with Crippen LogP contribution in [0.1, 0.15) is 35.6 Å². The Kier molecular flexibility index (Phi) is 12.0. The first-order valence-electron chi connectivity index (χ1n) is 12.0. The number of nitrogens with zero attached hydrogens (tertiary/aromatic N) is 2. The zero-order valence-electron chi connectivity index (χ0n) is 21.8. The van der Waals surface area contributed by atoms with Gasteiger partial charge in [-0.2, -0.15) is 0 Å². The molecule has 1 heterocycles. The van der Waals surface area contributed by atoms with Crippen LogP contribution in [0, 0.1) is 6.92 Å². The summed E-state index contributed by atoms with van der Waals surface area (Å²) in [7, 11) is 3.18. The lowest BCUT2D eigenvalue weighted by Gasteiger charge is -2.27. The summed E-state index contributed by atoms with van der Waals surface area (Å²) in [5.74, 6) is 0.598. The lowest BCUT2D eigenvalue weighted by atomic mass is 10.1. The zero-order valence-corrected chi connectivity index (χ0v) is 22.6. The number of hydrogen-bond donors (Lipinski definition) is 1. The Bertz CT molecular complexity index is 1010. The fraction of sp³-hybridized carbons (Fsp3) is 0.500. The number of ether oxygens (including phenoxy) is 3. The number of nitrogens with one attached hydrogen (secondary N) is 1. The van der Waals surface area contributed by atoms with E-state index in [1.54, 1.807) is 37.4 Å². The second-order valence-electron chi connectivity index (χ2n) is 8.15. The number of carbonyl (C=O) groups excluding carboxylic acids is 3. The van der Waals surface area contributed by atoms with Crippen LogP contribution in [0.5, 0.6) is 11.5 Å². The predicted octanol–water partition coefficient (Wildman–Crippen LogP) is 3.63. The molecule has 0 spiro atoms. The van der Waals surface area contributed by atoms with Crippen LogP contribution in [0.15, 0.2) is 30.3 Å². The molecular weight excluding hydrogens is 482 g/mol. The number of amides is 3. The maximum absolute atomic E-state index is 13.4. The molecule has 0 aliphatic rings. The van der Waals surface area contributed by atoms with Crippen molar-refractivity contribution in [3.8, 4) is 11.5 Å². The van der Waals surface area contributed by atoms with Crippen molar-refractivity contribution in [1.82, 2.24) is 15.1 Å². The largest absolute Gasteiger partial charge is 0.493 e. The van der Waals surface area contributed by atoms with Gasteiger partial charge in [-0.05, 0) is 56.5 Å². The number of hydrogen-bond acceptors (Lipinski definition) is 7. The second-order valence-corrected chi connectivity index (χ2v) is 9.52. The number of thiophene rings is 1. The fourth-order valence-corrected chi connectivity index (χ4v) is 4.51. The molecule has 2 aromatic rings. The average molecular weight is 520 g/mol. The van der Waals surface area contributed by atoms with E-state index in [1.807, 2.05) is 44.2 Å². The third-order valence-corrected chi connectivity index (χ3v) is 6.40. The van der Waals surface area contributed by atoms with E-state index in [1.165, 1.54) is 9.78 Å². The highest BCUT2D eigenvalue weighted by Gasteiger charge is 2.22. The quantitative estimate of drug-likeness (QED) is 0.383. The molecule has 1 aromatic heterocycles. The van der Waals surface area contributed by atoms with E-state index in [-0.39, 0.29) is 25.6 Å². The van der Waals surface area contributed by atoms with Gasteiger partial charge in [0.05, 0.1) is 27.4 Å². The van der Waals surface area contributed by atoms with Gasteiger partial charge in [-0.15, -0.1) is 11.3 Å². The fourth-order valence-electron chi connectivity index (χ4n) is 3.61. The van der Waals surface area contributed by atoms with Crippen molar-refractivity contribution in [3.05, 3.63) is 45.6 Å². The van der Waals surface area contributed by atoms with E-state index in [0.29, 0.717) is 44.0 Å². The summed E-state index contributed by atoms with van der Waals surface area (Å²) in [6, 6.07) is 9.29. The average Bonchev–Trinajstić information content (AvgIpc) is 3.29. The number of aryl methyl sites for hydroxylation is 1. The van der Waals surface area contributed by atoms with E-state index < -0.39 is 12.0 Å². The summed E-state index contributed by atoms with van der Waals surface area (Å²) >= 11 is 1.64. The summed E-state index contributed by atoms with van der Waals surface area (Å²) in [5.41, 5.74) is 1.01. The standard InChI is InChI=1S/C26H37N3O6S/c1-6-13-29(26(32)27-16-25(31)35-7-2)18-24(30)28(17-21-10-8-19(3)36-21)14-12-20-9-11-22(33-4)23(15-20)34-5/h8-11,15H,6-7,12-14,16-18H2,1-5H3,(H,27,32). The van der Waals surface area contributed by atoms with Gasteiger partial charge in [-0.3, -0.25) is 9.59 Å². The van der Waals surface area contributed by atoms with Crippen molar-refractivity contribution in [2.45, 2.75) is 40.2 Å². The maximum Gasteiger partial charge on any atom is 0.325 e. The molecule has 0 saturated carbocycles. The molecule has 0 bridgehead atoms. The Hall–Kier alpha value is -3.27. The van der Waals surface area contributed by atoms with E-state index in [0.717, 1.165) is 10.4 Å². The van der Waals surface area contributed by atoms with Crippen molar-refractivity contribution in [2.24, 2.45) is 0 Å². The molecule has 0 radical (unpaired) electrons. The van der Waals surface area contributed by atoms with Gasteiger partial charge < -0.3 is 29.3 Å². The summed E-state index contributed by atoms with van der Waals surface area (Å²) in [5, 5.41) is 2.55. The topological polar surface area (TPSA) is 97.4 Å². The normalized spacial score (nSPS) is 10.5. The van der Waals surface area contributed by atoms with Crippen LogP contribution in [-0.2, 0) is 27.3 Å².